The summed E-state index contributed by atoms with van der Waals surface area (Å²) in [4.78, 5) is 17.9. The predicted molar refractivity (Wildman–Crippen MR) is 114 cm³/mol. The van der Waals surface area contributed by atoms with Crippen LogP contribution < -0.4 is 10.6 Å². The van der Waals surface area contributed by atoms with Gasteiger partial charge in [0.05, 0.1) is 6.61 Å². The largest absolute Gasteiger partial charge is 0.396 e. The van der Waals surface area contributed by atoms with Gasteiger partial charge in [0.25, 0.3) is 0 Å². The summed E-state index contributed by atoms with van der Waals surface area (Å²) in [5, 5.41) is 16.3. The van der Waals surface area contributed by atoms with Gasteiger partial charge in [0, 0.05) is 45.3 Å². The van der Waals surface area contributed by atoms with Crippen LogP contribution in [-0.2, 0) is 9.53 Å². The van der Waals surface area contributed by atoms with Gasteiger partial charge in [0.1, 0.15) is 6.54 Å². The number of guanidine groups is 1. The number of amides is 1. The molecular formula is C18H35IN4O3. The van der Waals surface area contributed by atoms with Gasteiger partial charge in [0.2, 0.25) is 5.91 Å². The topological polar surface area (TPSA) is 86.2 Å². The molecule has 152 valence electrons. The number of aliphatic imine (C=N–C) groups is 1. The summed E-state index contributed by atoms with van der Waals surface area (Å²) in [6, 6.07) is 0.420. The molecule has 1 heterocycles. The van der Waals surface area contributed by atoms with Crippen LogP contribution in [0.1, 0.15) is 44.9 Å². The van der Waals surface area contributed by atoms with Crippen molar-refractivity contribution in [2.75, 3.05) is 47.0 Å². The second kappa shape index (κ2) is 12.0. The van der Waals surface area contributed by atoms with Crippen LogP contribution in [0.3, 0.4) is 0 Å². The molecule has 0 bridgehead atoms. The standard InChI is InChI=1S/C18H34N4O3.HI/c1-22(2)16(24)12-19-17(21-15-6-4-3-5-7-15)20-13-18(8-10-23)9-11-25-14-18;/h15,23H,3-14H2,1-2H3,(H2,19,20,21);1H. The Kier molecular flexibility index (Phi) is 10.8. The Morgan fingerprint density at radius 1 is 1.31 bits per heavy atom. The molecule has 0 aromatic carbocycles. The summed E-state index contributed by atoms with van der Waals surface area (Å²) < 4.78 is 5.55. The summed E-state index contributed by atoms with van der Waals surface area (Å²) in [6.45, 7) is 2.39. The highest BCUT2D eigenvalue weighted by molar-refractivity contribution is 14.0. The Morgan fingerprint density at radius 2 is 2.04 bits per heavy atom. The quantitative estimate of drug-likeness (QED) is 0.290. The zero-order valence-corrected chi connectivity index (χ0v) is 18.5. The molecule has 0 radical (unpaired) electrons. The van der Waals surface area contributed by atoms with Gasteiger partial charge >= 0.3 is 0 Å². The van der Waals surface area contributed by atoms with E-state index in [1.807, 2.05) is 0 Å². The van der Waals surface area contributed by atoms with Crippen LogP contribution in [0, 0.1) is 5.41 Å². The molecule has 1 saturated heterocycles. The van der Waals surface area contributed by atoms with Crippen molar-refractivity contribution < 1.29 is 14.6 Å². The number of likely N-dealkylation sites (N-methyl/N-ethyl adjacent to an activating group) is 1. The van der Waals surface area contributed by atoms with Crippen molar-refractivity contribution in [1.82, 2.24) is 15.5 Å². The van der Waals surface area contributed by atoms with Gasteiger partial charge in [-0.2, -0.15) is 0 Å². The molecule has 2 rings (SSSR count). The van der Waals surface area contributed by atoms with E-state index in [2.05, 4.69) is 15.6 Å². The number of halogens is 1. The van der Waals surface area contributed by atoms with E-state index in [0.29, 0.717) is 31.6 Å². The molecule has 1 aliphatic carbocycles. The van der Waals surface area contributed by atoms with Gasteiger partial charge < -0.3 is 25.4 Å². The smallest absolute Gasteiger partial charge is 0.243 e. The van der Waals surface area contributed by atoms with Crippen molar-refractivity contribution in [3.8, 4) is 0 Å². The van der Waals surface area contributed by atoms with E-state index in [4.69, 9.17) is 4.74 Å². The number of aliphatic hydroxyl groups is 1. The van der Waals surface area contributed by atoms with Gasteiger partial charge in [0.15, 0.2) is 5.96 Å². The van der Waals surface area contributed by atoms with Crippen molar-refractivity contribution >= 4 is 35.8 Å². The molecule has 1 amide bonds. The van der Waals surface area contributed by atoms with Gasteiger partial charge in [-0.05, 0) is 25.7 Å². The Bertz CT molecular complexity index is 448. The molecule has 1 atom stereocenters. The lowest BCUT2D eigenvalue weighted by atomic mass is 9.84. The molecule has 1 aliphatic heterocycles. The highest BCUT2D eigenvalue weighted by Gasteiger charge is 2.34. The first kappa shape index (κ1) is 23.4. The molecule has 0 spiro atoms. The van der Waals surface area contributed by atoms with Crippen LogP contribution >= 0.6 is 24.0 Å². The van der Waals surface area contributed by atoms with Crippen LogP contribution in [0.25, 0.3) is 0 Å². The zero-order chi connectivity index (χ0) is 18.1. The molecule has 8 heteroatoms. The lowest BCUT2D eigenvalue weighted by Crippen LogP contribution is -2.48. The average molecular weight is 482 g/mol. The maximum absolute atomic E-state index is 11.9. The first-order chi connectivity index (χ1) is 12.0. The fourth-order valence-corrected chi connectivity index (χ4v) is 3.46. The summed E-state index contributed by atoms with van der Waals surface area (Å²) in [6.07, 6.45) is 7.73. The number of carbonyl (C=O) groups is 1. The number of hydrogen-bond acceptors (Lipinski definition) is 4. The van der Waals surface area contributed by atoms with E-state index >= 15 is 0 Å². The van der Waals surface area contributed by atoms with Gasteiger partial charge in [-0.1, -0.05) is 19.3 Å². The zero-order valence-electron chi connectivity index (χ0n) is 16.1. The number of hydrogen-bond donors (Lipinski definition) is 3. The van der Waals surface area contributed by atoms with Crippen molar-refractivity contribution in [1.29, 1.82) is 0 Å². The Balaban J connectivity index is 0.00000338. The number of ether oxygens (including phenoxy) is 1. The van der Waals surface area contributed by atoms with E-state index < -0.39 is 0 Å². The Labute approximate surface area is 174 Å². The molecule has 0 aromatic rings. The minimum Gasteiger partial charge on any atom is -0.396 e. The monoisotopic (exact) mass is 482 g/mol. The fraction of sp³-hybridized carbons (Fsp3) is 0.889. The van der Waals surface area contributed by atoms with E-state index in [0.717, 1.165) is 25.9 Å². The number of carbonyl (C=O) groups excluding carboxylic acids is 1. The summed E-state index contributed by atoms with van der Waals surface area (Å²) >= 11 is 0. The summed E-state index contributed by atoms with van der Waals surface area (Å²) in [7, 11) is 3.48. The van der Waals surface area contributed by atoms with Crippen LogP contribution in [0.4, 0.5) is 0 Å². The Morgan fingerprint density at radius 3 is 2.62 bits per heavy atom. The van der Waals surface area contributed by atoms with Crippen LogP contribution in [-0.4, -0.2) is 74.9 Å². The predicted octanol–water partition coefficient (Wildman–Crippen LogP) is 1.35. The molecule has 1 saturated carbocycles. The molecule has 2 fully saturated rings. The third-order valence-electron chi connectivity index (χ3n) is 5.28. The third kappa shape index (κ3) is 7.56. The Hall–Kier alpha value is -0.610. The van der Waals surface area contributed by atoms with E-state index in [1.54, 1.807) is 19.0 Å². The normalized spacial score (nSPS) is 24.0. The van der Waals surface area contributed by atoms with Crippen molar-refractivity contribution in [3.63, 3.8) is 0 Å². The van der Waals surface area contributed by atoms with Crippen LogP contribution in [0.2, 0.25) is 0 Å². The summed E-state index contributed by atoms with van der Waals surface area (Å²) in [5.41, 5.74) is -0.0463. The van der Waals surface area contributed by atoms with E-state index in [1.165, 1.54) is 19.3 Å². The van der Waals surface area contributed by atoms with Gasteiger partial charge in [-0.25, -0.2) is 4.99 Å². The van der Waals surface area contributed by atoms with Crippen LogP contribution in [0.15, 0.2) is 4.99 Å². The molecule has 0 aromatic heterocycles. The SMILES string of the molecule is CN(C)C(=O)CN=C(NCC1(CCO)CCOC1)NC1CCCCC1.I. The lowest BCUT2D eigenvalue weighted by Gasteiger charge is -2.30. The number of nitrogens with zero attached hydrogens (tertiary/aromatic N) is 2. The average Bonchev–Trinajstić information content (AvgIpc) is 3.07. The minimum atomic E-state index is -0.0463. The van der Waals surface area contributed by atoms with Gasteiger partial charge in [-0.3, -0.25) is 4.79 Å². The second-order valence-corrected chi connectivity index (χ2v) is 7.56. The molecule has 26 heavy (non-hydrogen) atoms. The fourth-order valence-electron chi connectivity index (χ4n) is 3.46. The van der Waals surface area contributed by atoms with E-state index in [9.17, 15) is 9.90 Å². The molecule has 3 N–H and O–H groups in total. The van der Waals surface area contributed by atoms with Crippen molar-refractivity contribution in [3.05, 3.63) is 0 Å². The van der Waals surface area contributed by atoms with Gasteiger partial charge in [-0.15, -0.1) is 24.0 Å². The van der Waals surface area contributed by atoms with Crippen molar-refractivity contribution in [2.24, 2.45) is 10.4 Å². The summed E-state index contributed by atoms with van der Waals surface area (Å²) in [5.74, 6) is 0.685. The number of nitrogens with one attached hydrogen (secondary N) is 2. The van der Waals surface area contributed by atoms with Crippen LogP contribution in [0.5, 0.6) is 0 Å². The maximum Gasteiger partial charge on any atom is 0.243 e. The van der Waals surface area contributed by atoms with Crippen molar-refractivity contribution in [2.45, 2.75) is 51.0 Å². The molecule has 1 unspecified atom stereocenters. The van der Waals surface area contributed by atoms with E-state index in [-0.39, 0.29) is 48.5 Å². The lowest BCUT2D eigenvalue weighted by molar-refractivity contribution is -0.127. The maximum atomic E-state index is 11.9. The number of aliphatic hydroxyl groups excluding tert-OH is 1. The first-order valence-corrected chi connectivity index (χ1v) is 9.48. The minimum absolute atomic E-state index is 0. The second-order valence-electron chi connectivity index (χ2n) is 7.56. The first-order valence-electron chi connectivity index (χ1n) is 9.48. The molecule has 7 nitrogen and oxygen atoms in total. The number of rotatable bonds is 7. The highest BCUT2D eigenvalue weighted by Crippen LogP contribution is 2.31. The molecular weight excluding hydrogens is 447 g/mol. The molecule has 2 aliphatic rings. The highest BCUT2D eigenvalue weighted by atomic mass is 127. The third-order valence-corrected chi connectivity index (χ3v) is 5.28.